The maximum atomic E-state index is 9.07. The zero-order valence-electron chi connectivity index (χ0n) is 9.33. The summed E-state index contributed by atoms with van der Waals surface area (Å²) >= 11 is 12.0. The SMILES string of the molecule is CN(C)c1c(C#N)cnc2c(Cl)c(Cl)ccc12. The van der Waals surface area contributed by atoms with Gasteiger partial charge in [0.15, 0.2) is 0 Å². The number of benzene rings is 1. The van der Waals surface area contributed by atoms with Crippen molar-refractivity contribution in [3.8, 4) is 6.07 Å². The normalized spacial score (nSPS) is 10.3. The van der Waals surface area contributed by atoms with Crippen LogP contribution in [0.3, 0.4) is 0 Å². The van der Waals surface area contributed by atoms with Crippen LogP contribution in [0.2, 0.25) is 10.0 Å². The molecule has 1 aromatic heterocycles. The summed E-state index contributed by atoms with van der Waals surface area (Å²) < 4.78 is 0. The number of hydrogen-bond donors (Lipinski definition) is 0. The number of fused-ring (bicyclic) bond motifs is 1. The van der Waals surface area contributed by atoms with E-state index in [2.05, 4.69) is 11.1 Å². The third-order valence-corrected chi connectivity index (χ3v) is 3.26. The van der Waals surface area contributed by atoms with Crippen LogP contribution in [0.4, 0.5) is 5.69 Å². The van der Waals surface area contributed by atoms with Gasteiger partial charge in [0, 0.05) is 25.7 Å². The average molecular weight is 266 g/mol. The first-order valence-corrected chi connectivity index (χ1v) is 5.66. The molecule has 86 valence electrons. The second-order valence-corrected chi connectivity index (χ2v) is 4.57. The van der Waals surface area contributed by atoms with Crippen molar-refractivity contribution in [1.29, 1.82) is 5.26 Å². The maximum absolute atomic E-state index is 9.07. The molecule has 0 radical (unpaired) electrons. The predicted molar refractivity (Wildman–Crippen MR) is 70.8 cm³/mol. The van der Waals surface area contributed by atoms with Crippen LogP contribution in [0, 0.1) is 11.3 Å². The van der Waals surface area contributed by atoms with Gasteiger partial charge in [0.1, 0.15) is 6.07 Å². The number of hydrogen-bond acceptors (Lipinski definition) is 3. The van der Waals surface area contributed by atoms with E-state index in [-0.39, 0.29) is 0 Å². The number of rotatable bonds is 1. The zero-order chi connectivity index (χ0) is 12.6. The molecule has 3 nitrogen and oxygen atoms in total. The summed E-state index contributed by atoms with van der Waals surface area (Å²) in [5, 5.41) is 10.8. The molecule has 0 spiro atoms. The van der Waals surface area contributed by atoms with Gasteiger partial charge < -0.3 is 4.90 Å². The molecule has 0 atom stereocenters. The smallest absolute Gasteiger partial charge is 0.103 e. The van der Waals surface area contributed by atoms with Crippen LogP contribution < -0.4 is 4.90 Å². The van der Waals surface area contributed by atoms with Crippen molar-refractivity contribution in [3.05, 3.63) is 33.9 Å². The van der Waals surface area contributed by atoms with Crippen molar-refractivity contribution in [2.45, 2.75) is 0 Å². The molecule has 1 aromatic carbocycles. The minimum Gasteiger partial charge on any atom is -0.376 e. The molecule has 0 aliphatic carbocycles. The molecule has 17 heavy (non-hydrogen) atoms. The molecule has 0 amide bonds. The molecule has 5 heteroatoms. The molecule has 0 bridgehead atoms. The highest BCUT2D eigenvalue weighted by Crippen LogP contribution is 2.35. The second kappa shape index (κ2) is 4.40. The van der Waals surface area contributed by atoms with E-state index in [0.29, 0.717) is 21.1 Å². The Morgan fingerprint density at radius 2 is 2.00 bits per heavy atom. The molecule has 0 unspecified atom stereocenters. The Bertz CT molecular complexity index is 630. The van der Waals surface area contributed by atoms with E-state index in [1.165, 1.54) is 6.20 Å². The molecular formula is C12H9Cl2N3. The van der Waals surface area contributed by atoms with Gasteiger partial charge in [-0.15, -0.1) is 0 Å². The number of nitrogens with zero attached hydrogens (tertiary/aromatic N) is 3. The van der Waals surface area contributed by atoms with E-state index >= 15 is 0 Å². The minimum atomic E-state index is 0.414. The lowest BCUT2D eigenvalue weighted by Gasteiger charge is -2.17. The Morgan fingerprint density at radius 1 is 1.29 bits per heavy atom. The van der Waals surface area contributed by atoms with Gasteiger partial charge in [-0.1, -0.05) is 23.2 Å². The molecule has 0 fully saturated rings. The highest BCUT2D eigenvalue weighted by Gasteiger charge is 2.13. The van der Waals surface area contributed by atoms with Crippen LogP contribution in [0.1, 0.15) is 5.56 Å². The van der Waals surface area contributed by atoms with Gasteiger partial charge in [-0.2, -0.15) is 5.26 Å². The fraction of sp³-hybridized carbons (Fsp3) is 0.167. The van der Waals surface area contributed by atoms with E-state index in [0.717, 1.165) is 11.1 Å². The maximum Gasteiger partial charge on any atom is 0.103 e. The van der Waals surface area contributed by atoms with Crippen molar-refractivity contribution >= 4 is 39.8 Å². The summed E-state index contributed by atoms with van der Waals surface area (Å²) in [5.41, 5.74) is 1.93. The molecule has 0 N–H and O–H groups in total. The van der Waals surface area contributed by atoms with Crippen LogP contribution in [-0.4, -0.2) is 19.1 Å². The molecule has 0 aliphatic rings. The van der Waals surface area contributed by atoms with E-state index in [4.69, 9.17) is 28.5 Å². The molecular weight excluding hydrogens is 257 g/mol. The summed E-state index contributed by atoms with van der Waals surface area (Å²) in [6.07, 6.45) is 1.51. The number of halogens is 2. The third kappa shape index (κ3) is 1.90. The van der Waals surface area contributed by atoms with E-state index in [1.807, 2.05) is 25.1 Å². The van der Waals surface area contributed by atoms with Crippen LogP contribution in [-0.2, 0) is 0 Å². The lowest BCUT2D eigenvalue weighted by molar-refractivity contribution is 1.13. The Labute approximate surface area is 109 Å². The Morgan fingerprint density at radius 3 is 2.59 bits per heavy atom. The van der Waals surface area contributed by atoms with Crippen LogP contribution >= 0.6 is 23.2 Å². The molecule has 2 rings (SSSR count). The van der Waals surface area contributed by atoms with Crippen LogP contribution in [0.15, 0.2) is 18.3 Å². The first kappa shape index (κ1) is 12.0. The average Bonchev–Trinajstić information content (AvgIpc) is 2.32. The van der Waals surface area contributed by atoms with Gasteiger partial charge in [0.2, 0.25) is 0 Å². The van der Waals surface area contributed by atoms with Gasteiger partial charge in [-0.05, 0) is 12.1 Å². The summed E-state index contributed by atoms with van der Waals surface area (Å²) in [5.74, 6) is 0. The lowest BCUT2D eigenvalue weighted by Crippen LogP contribution is -2.11. The van der Waals surface area contributed by atoms with Crippen LogP contribution in [0.5, 0.6) is 0 Å². The summed E-state index contributed by atoms with van der Waals surface area (Å²) in [6, 6.07) is 5.66. The number of aromatic nitrogens is 1. The third-order valence-electron chi connectivity index (χ3n) is 2.47. The summed E-state index contributed by atoms with van der Waals surface area (Å²) in [4.78, 5) is 6.06. The van der Waals surface area contributed by atoms with Crippen molar-refractivity contribution in [3.63, 3.8) is 0 Å². The largest absolute Gasteiger partial charge is 0.376 e. The van der Waals surface area contributed by atoms with Gasteiger partial charge in [0.05, 0.1) is 26.8 Å². The van der Waals surface area contributed by atoms with Gasteiger partial charge in [-0.3, -0.25) is 4.98 Å². The lowest BCUT2D eigenvalue weighted by atomic mass is 10.1. The highest BCUT2D eigenvalue weighted by atomic mass is 35.5. The molecule has 2 aromatic rings. The zero-order valence-corrected chi connectivity index (χ0v) is 10.8. The highest BCUT2D eigenvalue weighted by molar-refractivity contribution is 6.45. The molecule has 0 saturated heterocycles. The van der Waals surface area contributed by atoms with Crippen molar-refractivity contribution in [1.82, 2.24) is 4.98 Å². The fourth-order valence-electron chi connectivity index (χ4n) is 1.76. The van der Waals surface area contributed by atoms with Crippen molar-refractivity contribution in [2.75, 3.05) is 19.0 Å². The first-order chi connectivity index (χ1) is 8.06. The molecule has 1 heterocycles. The number of pyridine rings is 1. The van der Waals surface area contributed by atoms with Crippen molar-refractivity contribution in [2.24, 2.45) is 0 Å². The standard InChI is InChI=1S/C12H9Cl2N3/c1-17(2)12-7(5-15)6-16-11-8(12)3-4-9(13)10(11)14/h3-4,6H,1-2H3. The Kier molecular flexibility index (Phi) is 3.10. The quantitative estimate of drug-likeness (QED) is 0.793. The van der Waals surface area contributed by atoms with E-state index in [1.54, 1.807) is 6.07 Å². The first-order valence-electron chi connectivity index (χ1n) is 4.90. The van der Waals surface area contributed by atoms with Crippen molar-refractivity contribution < 1.29 is 0 Å². The topological polar surface area (TPSA) is 39.9 Å². The second-order valence-electron chi connectivity index (χ2n) is 3.78. The van der Waals surface area contributed by atoms with Gasteiger partial charge in [-0.25, -0.2) is 0 Å². The molecule has 0 saturated carbocycles. The van der Waals surface area contributed by atoms with E-state index < -0.39 is 0 Å². The minimum absolute atomic E-state index is 0.414. The Balaban J connectivity index is 2.93. The summed E-state index contributed by atoms with van der Waals surface area (Å²) in [7, 11) is 3.75. The fourth-order valence-corrected chi connectivity index (χ4v) is 2.12. The molecule has 0 aliphatic heterocycles. The van der Waals surface area contributed by atoms with Crippen LogP contribution in [0.25, 0.3) is 10.9 Å². The summed E-state index contributed by atoms with van der Waals surface area (Å²) in [6.45, 7) is 0. The van der Waals surface area contributed by atoms with Gasteiger partial charge in [0.25, 0.3) is 0 Å². The number of anilines is 1. The van der Waals surface area contributed by atoms with Gasteiger partial charge >= 0.3 is 0 Å². The number of nitriles is 1. The predicted octanol–water partition coefficient (Wildman–Crippen LogP) is 3.48. The monoisotopic (exact) mass is 265 g/mol. The Hall–Kier alpha value is -1.50. The van der Waals surface area contributed by atoms with E-state index in [9.17, 15) is 0 Å².